The summed E-state index contributed by atoms with van der Waals surface area (Å²) in [5.74, 6) is -0.0864. The molecule has 1 atom stereocenters. The predicted molar refractivity (Wildman–Crippen MR) is 62.6 cm³/mol. The summed E-state index contributed by atoms with van der Waals surface area (Å²) in [5.41, 5.74) is 5.20. The highest BCUT2D eigenvalue weighted by molar-refractivity contribution is 4.78. The zero-order chi connectivity index (χ0) is 13.1. The van der Waals surface area contributed by atoms with Crippen molar-refractivity contribution in [2.24, 2.45) is 23.5 Å². The lowest BCUT2D eigenvalue weighted by Crippen LogP contribution is -2.44. The summed E-state index contributed by atoms with van der Waals surface area (Å²) >= 11 is 0. The molecule has 1 rings (SSSR count). The van der Waals surface area contributed by atoms with E-state index in [9.17, 15) is 13.2 Å². The van der Waals surface area contributed by atoms with Crippen LogP contribution in [0.1, 0.15) is 26.7 Å². The fourth-order valence-electron chi connectivity index (χ4n) is 2.43. The standard InChI is InChI=1S/C12H23F3N2/c1-9(2)10-3-5-17(6-4-10)8-11(7-16)12(13,14)15/h9-11H,3-8,16H2,1-2H3. The van der Waals surface area contributed by atoms with Crippen LogP contribution in [0.3, 0.4) is 0 Å². The van der Waals surface area contributed by atoms with Crippen LogP contribution in [0.15, 0.2) is 0 Å². The number of nitrogens with zero attached hydrogens (tertiary/aromatic N) is 1. The van der Waals surface area contributed by atoms with E-state index in [-0.39, 0.29) is 13.1 Å². The molecule has 1 fully saturated rings. The zero-order valence-electron chi connectivity index (χ0n) is 10.6. The van der Waals surface area contributed by atoms with Crippen LogP contribution in [0.5, 0.6) is 0 Å². The second kappa shape index (κ2) is 6.05. The van der Waals surface area contributed by atoms with Crippen molar-refractivity contribution in [1.29, 1.82) is 0 Å². The number of hydrogen-bond acceptors (Lipinski definition) is 2. The highest BCUT2D eigenvalue weighted by Gasteiger charge is 2.39. The third kappa shape index (κ3) is 4.47. The molecule has 0 aromatic heterocycles. The molecule has 102 valence electrons. The van der Waals surface area contributed by atoms with Crippen LogP contribution in [0.2, 0.25) is 0 Å². The van der Waals surface area contributed by atoms with Crippen LogP contribution in [-0.4, -0.2) is 37.3 Å². The molecule has 0 bridgehead atoms. The van der Waals surface area contributed by atoms with Gasteiger partial charge in [0.25, 0.3) is 0 Å². The number of halogens is 3. The van der Waals surface area contributed by atoms with Crippen molar-refractivity contribution in [3.63, 3.8) is 0 Å². The Hall–Kier alpha value is -0.290. The molecule has 1 unspecified atom stereocenters. The van der Waals surface area contributed by atoms with Crippen LogP contribution in [-0.2, 0) is 0 Å². The molecule has 5 heteroatoms. The number of alkyl halides is 3. The van der Waals surface area contributed by atoms with E-state index in [1.165, 1.54) is 0 Å². The summed E-state index contributed by atoms with van der Waals surface area (Å²) in [7, 11) is 0. The van der Waals surface area contributed by atoms with E-state index in [4.69, 9.17) is 5.73 Å². The third-order valence-corrected chi connectivity index (χ3v) is 3.80. The average Bonchev–Trinajstić information content (AvgIpc) is 2.24. The van der Waals surface area contributed by atoms with E-state index in [1.807, 2.05) is 4.90 Å². The van der Waals surface area contributed by atoms with Crippen molar-refractivity contribution in [2.45, 2.75) is 32.9 Å². The Morgan fingerprint density at radius 2 is 1.76 bits per heavy atom. The van der Waals surface area contributed by atoms with Crippen LogP contribution in [0, 0.1) is 17.8 Å². The minimum absolute atomic E-state index is 0.0603. The van der Waals surface area contributed by atoms with Gasteiger partial charge in [-0.1, -0.05) is 13.8 Å². The molecule has 0 saturated carbocycles. The maximum atomic E-state index is 12.6. The third-order valence-electron chi connectivity index (χ3n) is 3.80. The first-order valence-corrected chi connectivity index (χ1v) is 6.33. The second-order valence-electron chi connectivity index (χ2n) is 5.36. The van der Waals surface area contributed by atoms with E-state index in [0.717, 1.165) is 25.9 Å². The summed E-state index contributed by atoms with van der Waals surface area (Å²) in [6, 6.07) is 0. The van der Waals surface area contributed by atoms with E-state index in [1.54, 1.807) is 0 Å². The molecule has 1 saturated heterocycles. The Morgan fingerprint density at radius 3 is 2.12 bits per heavy atom. The second-order valence-corrected chi connectivity index (χ2v) is 5.36. The molecule has 0 aliphatic carbocycles. The molecule has 0 aromatic rings. The van der Waals surface area contributed by atoms with Crippen LogP contribution in [0.25, 0.3) is 0 Å². The monoisotopic (exact) mass is 252 g/mol. The Bertz CT molecular complexity index is 220. The van der Waals surface area contributed by atoms with Gasteiger partial charge in [-0.05, 0) is 37.8 Å². The zero-order valence-corrected chi connectivity index (χ0v) is 10.6. The summed E-state index contributed by atoms with van der Waals surface area (Å²) < 4.78 is 37.7. The number of hydrogen-bond donors (Lipinski definition) is 1. The van der Waals surface area contributed by atoms with Crippen LogP contribution < -0.4 is 5.73 Å². The first-order valence-electron chi connectivity index (χ1n) is 6.33. The average molecular weight is 252 g/mol. The molecule has 0 spiro atoms. The molecule has 2 nitrogen and oxygen atoms in total. The van der Waals surface area contributed by atoms with Crippen molar-refractivity contribution in [3.8, 4) is 0 Å². The minimum Gasteiger partial charge on any atom is -0.330 e. The van der Waals surface area contributed by atoms with Gasteiger partial charge in [-0.25, -0.2) is 0 Å². The van der Waals surface area contributed by atoms with E-state index < -0.39 is 12.1 Å². The first-order chi connectivity index (χ1) is 7.84. The Morgan fingerprint density at radius 1 is 1.24 bits per heavy atom. The lowest BCUT2D eigenvalue weighted by atomic mass is 9.86. The molecular formula is C12H23F3N2. The van der Waals surface area contributed by atoms with E-state index in [0.29, 0.717) is 11.8 Å². The molecule has 17 heavy (non-hydrogen) atoms. The highest BCUT2D eigenvalue weighted by Crippen LogP contribution is 2.29. The quantitative estimate of drug-likeness (QED) is 0.833. The Balaban J connectivity index is 2.39. The van der Waals surface area contributed by atoms with Crippen LogP contribution in [0.4, 0.5) is 13.2 Å². The number of nitrogens with two attached hydrogens (primary N) is 1. The topological polar surface area (TPSA) is 29.3 Å². The van der Waals surface area contributed by atoms with Gasteiger partial charge in [0.05, 0.1) is 5.92 Å². The lowest BCUT2D eigenvalue weighted by molar-refractivity contribution is -0.177. The molecule has 1 heterocycles. The maximum Gasteiger partial charge on any atom is 0.394 e. The molecule has 2 N–H and O–H groups in total. The summed E-state index contributed by atoms with van der Waals surface area (Å²) in [5, 5.41) is 0. The Labute approximate surface area is 101 Å². The van der Waals surface area contributed by atoms with Gasteiger partial charge in [0.2, 0.25) is 0 Å². The molecule has 0 amide bonds. The van der Waals surface area contributed by atoms with E-state index >= 15 is 0 Å². The number of likely N-dealkylation sites (tertiary alicyclic amines) is 1. The van der Waals surface area contributed by atoms with Gasteiger partial charge in [0.1, 0.15) is 0 Å². The van der Waals surface area contributed by atoms with E-state index in [2.05, 4.69) is 13.8 Å². The van der Waals surface area contributed by atoms with Gasteiger partial charge < -0.3 is 10.6 Å². The van der Waals surface area contributed by atoms with Crippen molar-refractivity contribution < 1.29 is 13.2 Å². The molecular weight excluding hydrogens is 229 g/mol. The normalized spacial score (nSPS) is 22.1. The highest BCUT2D eigenvalue weighted by atomic mass is 19.4. The maximum absolute atomic E-state index is 12.6. The van der Waals surface area contributed by atoms with Crippen LogP contribution >= 0.6 is 0 Å². The Kier molecular flexibility index (Phi) is 5.25. The summed E-state index contributed by atoms with van der Waals surface area (Å²) in [6.07, 6.45) is -2.15. The number of rotatable bonds is 4. The van der Waals surface area contributed by atoms with Gasteiger partial charge in [-0.3, -0.25) is 0 Å². The predicted octanol–water partition coefficient (Wildman–Crippen LogP) is 2.49. The molecule has 1 aliphatic rings. The molecule has 1 aliphatic heterocycles. The lowest BCUT2D eigenvalue weighted by Gasteiger charge is -2.35. The van der Waals surface area contributed by atoms with Crippen molar-refractivity contribution in [1.82, 2.24) is 4.90 Å². The first kappa shape index (κ1) is 14.8. The minimum atomic E-state index is -4.16. The smallest absolute Gasteiger partial charge is 0.330 e. The fraction of sp³-hybridized carbons (Fsp3) is 1.00. The van der Waals surface area contributed by atoms with Gasteiger partial charge in [0.15, 0.2) is 0 Å². The SMILES string of the molecule is CC(C)C1CCN(CC(CN)C(F)(F)F)CC1. The van der Waals surface area contributed by atoms with Crippen molar-refractivity contribution >= 4 is 0 Å². The molecule has 0 radical (unpaired) electrons. The van der Waals surface area contributed by atoms with Gasteiger partial charge in [0, 0.05) is 13.1 Å². The summed E-state index contributed by atoms with van der Waals surface area (Å²) in [4.78, 5) is 1.91. The van der Waals surface area contributed by atoms with Gasteiger partial charge in [-0.2, -0.15) is 13.2 Å². The van der Waals surface area contributed by atoms with Gasteiger partial charge >= 0.3 is 6.18 Å². The fourth-order valence-corrected chi connectivity index (χ4v) is 2.43. The van der Waals surface area contributed by atoms with Crippen molar-refractivity contribution in [2.75, 3.05) is 26.2 Å². The van der Waals surface area contributed by atoms with Crippen molar-refractivity contribution in [3.05, 3.63) is 0 Å². The largest absolute Gasteiger partial charge is 0.394 e. The number of piperidine rings is 1. The van der Waals surface area contributed by atoms with Gasteiger partial charge in [-0.15, -0.1) is 0 Å². The summed E-state index contributed by atoms with van der Waals surface area (Å²) in [6.45, 7) is 5.65. The molecule has 0 aromatic carbocycles.